The average molecular weight is 270 g/mol. The largest absolute Gasteiger partial charge is 0.397 e. The van der Waals surface area contributed by atoms with Gasteiger partial charge in [0.15, 0.2) is 0 Å². The number of nitrogens with one attached hydrogen (secondary N) is 1. The number of pyridine rings is 1. The zero-order valence-electron chi connectivity index (χ0n) is 12.0. The average Bonchev–Trinajstić information content (AvgIpc) is 2.48. The van der Waals surface area contributed by atoms with Gasteiger partial charge in [-0.25, -0.2) is 0 Å². The van der Waals surface area contributed by atoms with Gasteiger partial charge in [-0.05, 0) is 50.7 Å². The molecule has 0 saturated carbocycles. The van der Waals surface area contributed by atoms with Gasteiger partial charge >= 0.3 is 0 Å². The monoisotopic (exact) mass is 270 g/mol. The molecule has 20 heavy (non-hydrogen) atoms. The third-order valence-electron chi connectivity index (χ3n) is 4.25. The van der Waals surface area contributed by atoms with E-state index in [0.717, 1.165) is 28.8 Å². The Bertz CT molecular complexity index is 596. The van der Waals surface area contributed by atoms with Crippen LogP contribution in [0.2, 0.25) is 0 Å². The molecule has 1 aromatic carbocycles. The van der Waals surface area contributed by atoms with E-state index in [9.17, 15) is 0 Å². The first-order valence-electron chi connectivity index (χ1n) is 7.33. The van der Waals surface area contributed by atoms with Crippen LogP contribution in [-0.2, 0) is 0 Å². The van der Waals surface area contributed by atoms with Crippen molar-refractivity contribution in [3.8, 4) is 0 Å². The molecule has 1 saturated heterocycles. The Hall–Kier alpha value is -1.81. The third-order valence-corrected chi connectivity index (χ3v) is 4.25. The van der Waals surface area contributed by atoms with Crippen molar-refractivity contribution < 1.29 is 0 Å². The summed E-state index contributed by atoms with van der Waals surface area (Å²) < 4.78 is 0. The number of anilines is 2. The normalized spacial score (nSPS) is 20.1. The molecule has 3 N–H and O–H groups in total. The number of nitrogens with zero attached hydrogens (tertiary/aromatic N) is 2. The minimum atomic E-state index is 0.619. The minimum Gasteiger partial charge on any atom is -0.397 e. The number of nitrogen functional groups attached to an aromatic ring is 1. The van der Waals surface area contributed by atoms with Gasteiger partial charge in [-0.1, -0.05) is 6.42 Å². The molecule has 1 aromatic heterocycles. The van der Waals surface area contributed by atoms with Crippen molar-refractivity contribution in [2.45, 2.75) is 25.3 Å². The quantitative estimate of drug-likeness (QED) is 0.842. The fourth-order valence-corrected chi connectivity index (χ4v) is 2.98. The molecule has 0 bridgehead atoms. The SMILES string of the molecule is CN1CCCCC1CNc1ccc(N)c2ncccc12. The standard InChI is InChI=1S/C16H22N4/c1-20-10-3-2-5-12(20)11-19-15-8-7-14(17)16-13(15)6-4-9-18-16/h4,6-9,12,19H,2-3,5,10-11,17H2,1H3. The van der Waals surface area contributed by atoms with Crippen molar-refractivity contribution >= 4 is 22.3 Å². The Balaban J connectivity index is 1.79. The maximum absolute atomic E-state index is 5.99. The highest BCUT2D eigenvalue weighted by Crippen LogP contribution is 2.27. The number of hydrogen-bond acceptors (Lipinski definition) is 4. The Morgan fingerprint density at radius 2 is 2.25 bits per heavy atom. The summed E-state index contributed by atoms with van der Waals surface area (Å²) in [7, 11) is 2.22. The van der Waals surface area contributed by atoms with E-state index in [4.69, 9.17) is 5.73 Å². The van der Waals surface area contributed by atoms with Crippen LogP contribution in [-0.4, -0.2) is 36.1 Å². The number of rotatable bonds is 3. The van der Waals surface area contributed by atoms with Crippen molar-refractivity contribution in [1.29, 1.82) is 0 Å². The second-order valence-electron chi connectivity index (χ2n) is 5.61. The van der Waals surface area contributed by atoms with E-state index in [1.807, 2.05) is 12.1 Å². The van der Waals surface area contributed by atoms with E-state index in [1.54, 1.807) is 6.20 Å². The molecule has 0 radical (unpaired) electrons. The van der Waals surface area contributed by atoms with Crippen LogP contribution < -0.4 is 11.1 Å². The van der Waals surface area contributed by atoms with E-state index in [-0.39, 0.29) is 0 Å². The van der Waals surface area contributed by atoms with Crippen LogP contribution in [0.3, 0.4) is 0 Å². The number of nitrogens with two attached hydrogens (primary N) is 1. The van der Waals surface area contributed by atoms with Crippen molar-refractivity contribution in [2.75, 3.05) is 31.2 Å². The predicted octanol–water partition coefficient (Wildman–Crippen LogP) is 2.71. The summed E-state index contributed by atoms with van der Waals surface area (Å²) in [5.41, 5.74) is 8.73. The zero-order valence-corrected chi connectivity index (χ0v) is 12.0. The molecule has 0 spiro atoms. The van der Waals surface area contributed by atoms with E-state index >= 15 is 0 Å². The fourth-order valence-electron chi connectivity index (χ4n) is 2.98. The van der Waals surface area contributed by atoms with E-state index in [1.165, 1.54) is 25.8 Å². The van der Waals surface area contributed by atoms with E-state index in [2.05, 4.69) is 34.4 Å². The molecule has 2 heterocycles. The zero-order chi connectivity index (χ0) is 13.9. The van der Waals surface area contributed by atoms with Crippen molar-refractivity contribution in [2.24, 2.45) is 0 Å². The molecule has 2 aromatic rings. The lowest BCUT2D eigenvalue weighted by molar-refractivity contribution is 0.195. The number of piperidine rings is 1. The summed E-state index contributed by atoms with van der Waals surface area (Å²) in [6.07, 6.45) is 5.72. The number of fused-ring (bicyclic) bond motifs is 1. The summed E-state index contributed by atoms with van der Waals surface area (Å²) in [5, 5.41) is 4.68. The molecule has 1 unspecified atom stereocenters. The van der Waals surface area contributed by atoms with Crippen LogP contribution in [0.4, 0.5) is 11.4 Å². The number of aromatic nitrogens is 1. The second-order valence-corrected chi connectivity index (χ2v) is 5.61. The second kappa shape index (κ2) is 5.67. The van der Waals surface area contributed by atoms with Crippen LogP contribution in [0.1, 0.15) is 19.3 Å². The first-order valence-corrected chi connectivity index (χ1v) is 7.33. The molecule has 1 aliphatic heterocycles. The van der Waals surface area contributed by atoms with Gasteiger partial charge in [0.1, 0.15) is 0 Å². The Kier molecular flexibility index (Phi) is 3.74. The predicted molar refractivity (Wildman–Crippen MR) is 84.9 cm³/mol. The van der Waals surface area contributed by atoms with Gasteiger partial charge in [0.05, 0.1) is 11.2 Å². The summed E-state index contributed by atoms with van der Waals surface area (Å²) >= 11 is 0. The van der Waals surface area contributed by atoms with Crippen LogP contribution in [0.5, 0.6) is 0 Å². The van der Waals surface area contributed by atoms with Gasteiger partial charge < -0.3 is 16.0 Å². The number of benzene rings is 1. The lowest BCUT2D eigenvalue weighted by Crippen LogP contribution is -2.40. The number of hydrogen-bond donors (Lipinski definition) is 2. The van der Waals surface area contributed by atoms with Crippen LogP contribution >= 0.6 is 0 Å². The summed E-state index contributed by atoms with van der Waals surface area (Å²) in [6, 6.07) is 8.64. The summed E-state index contributed by atoms with van der Waals surface area (Å²) in [6.45, 7) is 2.18. The van der Waals surface area contributed by atoms with E-state index in [0.29, 0.717) is 6.04 Å². The number of likely N-dealkylation sites (tertiary alicyclic amines) is 1. The molecule has 0 amide bonds. The Labute approximate surface area is 120 Å². The van der Waals surface area contributed by atoms with Gasteiger partial charge in [-0.3, -0.25) is 4.98 Å². The number of likely N-dealkylation sites (N-methyl/N-ethyl adjacent to an activating group) is 1. The Morgan fingerprint density at radius 3 is 3.10 bits per heavy atom. The van der Waals surface area contributed by atoms with Gasteiger partial charge in [-0.15, -0.1) is 0 Å². The van der Waals surface area contributed by atoms with Crippen molar-refractivity contribution in [3.05, 3.63) is 30.5 Å². The maximum atomic E-state index is 5.99. The van der Waals surface area contributed by atoms with Gasteiger partial charge in [0.25, 0.3) is 0 Å². The molecule has 4 heteroatoms. The molecule has 1 aliphatic rings. The molecular weight excluding hydrogens is 248 g/mol. The highest BCUT2D eigenvalue weighted by molar-refractivity contribution is 5.98. The topological polar surface area (TPSA) is 54.2 Å². The molecular formula is C16H22N4. The summed E-state index contributed by atoms with van der Waals surface area (Å²) in [5.74, 6) is 0. The highest BCUT2D eigenvalue weighted by Gasteiger charge is 2.18. The van der Waals surface area contributed by atoms with Crippen LogP contribution in [0.15, 0.2) is 30.5 Å². The van der Waals surface area contributed by atoms with Crippen molar-refractivity contribution in [1.82, 2.24) is 9.88 Å². The van der Waals surface area contributed by atoms with Gasteiger partial charge in [0.2, 0.25) is 0 Å². The molecule has 0 aliphatic carbocycles. The lowest BCUT2D eigenvalue weighted by atomic mass is 10.0. The minimum absolute atomic E-state index is 0.619. The highest BCUT2D eigenvalue weighted by atomic mass is 15.2. The first-order chi connectivity index (χ1) is 9.75. The van der Waals surface area contributed by atoms with Gasteiger partial charge in [-0.2, -0.15) is 0 Å². The molecule has 3 rings (SSSR count). The lowest BCUT2D eigenvalue weighted by Gasteiger charge is -2.32. The van der Waals surface area contributed by atoms with Crippen LogP contribution in [0, 0.1) is 0 Å². The molecule has 1 fully saturated rings. The molecule has 1 atom stereocenters. The Morgan fingerprint density at radius 1 is 1.35 bits per heavy atom. The van der Waals surface area contributed by atoms with Crippen LogP contribution in [0.25, 0.3) is 10.9 Å². The molecule has 106 valence electrons. The molecule has 4 nitrogen and oxygen atoms in total. The van der Waals surface area contributed by atoms with Gasteiger partial charge in [0, 0.05) is 29.9 Å². The first kappa shape index (κ1) is 13.2. The van der Waals surface area contributed by atoms with Crippen molar-refractivity contribution in [3.63, 3.8) is 0 Å². The fraction of sp³-hybridized carbons (Fsp3) is 0.438. The summed E-state index contributed by atoms with van der Waals surface area (Å²) in [4.78, 5) is 6.83. The van der Waals surface area contributed by atoms with E-state index < -0.39 is 0 Å². The third kappa shape index (κ3) is 2.56. The maximum Gasteiger partial charge on any atom is 0.0951 e. The smallest absolute Gasteiger partial charge is 0.0951 e.